The molecule has 0 saturated carbocycles. The predicted molar refractivity (Wildman–Crippen MR) is 37.2 cm³/mol. The van der Waals surface area contributed by atoms with E-state index >= 15 is 0 Å². The van der Waals surface area contributed by atoms with Gasteiger partial charge in [0.25, 0.3) is 0 Å². The smallest absolute Gasteiger partial charge is 0.238 e. The summed E-state index contributed by atoms with van der Waals surface area (Å²) >= 11 is 5.38. The van der Waals surface area contributed by atoms with Gasteiger partial charge in [-0.25, -0.2) is 0 Å². The van der Waals surface area contributed by atoms with Gasteiger partial charge in [0.1, 0.15) is 5.38 Å². The van der Waals surface area contributed by atoms with Crippen LogP contribution in [0.2, 0.25) is 0 Å². The number of hydrogen-bond acceptors (Lipinski definition) is 1. The average molecular weight is 146 g/mol. The van der Waals surface area contributed by atoms with Crippen LogP contribution in [-0.2, 0) is 4.79 Å². The van der Waals surface area contributed by atoms with Gasteiger partial charge in [-0.15, -0.1) is 18.0 Å². The first-order valence-electron chi connectivity index (χ1n) is 2.53. The summed E-state index contributed by atoms with van der Waals surface area (Å²) < 4.78 is 0. The molecule has 0 rings (SSSR count). The quantitative estimate of drug-likeness (QED) is 0.441. The average Bonchev–Trinajstić information content (AvgIpc) is 1.82. The Balaban J connectivity index is 3.42. The van der Waals surface area contributed by atoms with Gasteiger partial charge in [0, 0.05) is 0 Å². The summed E-state index contributed by atoms with van der Waals surface area (Å²) in [6.45, 7) is 1.84. The van der Waals surface area contributed by atoms with Crippen LogP contribution in [-0.4, -0.2) is 17.8 Å². The molecule has 3 heteroatoms. The lowest BCUT2D eigenvalue weighted by Gasteiger charge is -2.00. The number of terminal acetylenes is 1. The van der Waals surface area contributed by atoms with Crippen molar-refractivity contribution in [3.05, 3.63) is 0 Å². The minimum Gasteiger partial charge on any atom is -0.344 e. The fourth-order valence-electron chi connectivity index (χ4n) is 0.279. The molecule has 1 N–H and O–H groups in total. The molecule has 0 fully saturated rings. The second-order valence-electron chi connectivity index (χ2n) is 1.54. The highest BCUT2D eigenvalue weighted by molar-refractivity contribution is 6.30. The van der Waals surface area contributed by atoms with Gasteiger partial charge in [-0.05, 0) is 6.92 Å². The van der Waals surface area contributed by atoms with Crippen LogP contribution in [0, 0.1) is 12.3 Å². The van der Waals surface area contributed by atoms with E-state index in [0.29, 0.717) is 0 Å². The molecule has 1 amide bonds. The van der Waals surface area contributed by atoms with E-state index in [4.69, 9.17) is 18.0 Å². The highest BCUT2D eigenvalue weighted by atomic mass is 35.5. The SMILES string of the molecule is C#CCNC(=O)C(C)Cl. The fourth-order valence-corrected chi connectivity index (χ4v) is 0.356. The van der Waals surface area contributed by atoms with Crippen molar-refractivity contribution in [2.45, 2.75) is 12.3 Å². The molecule has 0 radical (unpaired) electrons. The summed E-state index contributed by atoms with van der Waals surface area (Å²) in [6, 6.07) is 0. The molecule has 0 saturated heterocycles. The molecule has 2 nitrogen and oxygen atoms in total. The third-order valence-corrected chi connectivity index (χ3v) is 0.924. The fraction of sp³-hybridized carbons (Fsp3) is 0.500. The molecule has 1 atom stereocenters. The van der Waals surface area contributed by atoms with Crippen LogP contribution in [0.3, 0.4) is 0 Å². The summed E-state index contributed by atoms with van der Waals surface area (Å²) in [5, 5.41) is 1.92. The van der Waals surface area contributed by atoms with Crippen molar-refractivity contribution in [2.75, 3.05) is 6.54 Å². The first kappa shape index (κ1) is 8.32. The van der Waals surface area contributed by atoms with Gasteiger partial charge in [0.2, 0.25) is 5.91 Å². The maximum Gasteiger partial charge on any atom is 0.238 e. The van der Waals surface area contributed by atoms with Crippen molar-refractivity contribution in [3.63, 3.8) is 0 Å². The maximum absolute atomic E-state index is 10.6. The number of alkyl halides is 1. The number of carbonyl (C=O) groups is 1. The van der Waals surface area contributed by atoms with Gasteiger partial charge >= 0.3 is 0 Å². The molecule has 0 aromatic rings. The standard InChI is InChI=1S/C6H8ClNO/c1-3-4-8-6(9)5(2)7/h1,5H,4H2,2H3,(H,8,9). The Hall–Kier alpha value is -0.680. The highest BCUT2D eigenvalue weighted by Gasteiger charge is 2.05. The number of hydrogen-bond donors (Lipinski definition) is 1. The van der Waals surface area contributed by atoms with Crippen molar-refractivity contribution in [3.8, 4) is 12.3 Å². The molecule has 0 aliphatic carbocycles. The zero-order chi connectivity index (χ0) is 7.28. The van der Waals surface area contributed by atoms with Crippen molar-refractivity contribution in [1.82, 2.24) is 5.32 Å². The zero-order valence-electron chi connectivity index (χ0n) is 5.15. The van der Waals surface area contributed by atoms with E-state index in [1.165, 1.54) is 0 Å². The van der Waals surface area contributed by atoms with Crippen molar-refractivity contribution in [2.24, 2.45) is 0 Å². The molecular weight excluding hydrogens is 138 g/mol. The van der Waals surface area contributed by atoms with Gasteiger partial charge in [-0.3, -0.25) is 4.79 Å². The van der Waals surface area contributed by atoms with Crippen LogP contribution in [0.5, 0.6) is 0 Å². The van der Waals surface area contributed by atoms with Gasteiger partial charge < -0.3 is 5.32 Å². The Labute approximate surface area is 59.6 Å². The van der Waals surface area contributed by atoms with Crippen LogP contribution in [0.15, 0.2) is 0 Å². The van der Waals surface area contributed by atoms with E-state index < -0.39 is 5.38 Å². The summed E-state index contributed by atoms with van der Waals surface area (Å²) in [5.74, 6) is 2.04. The Bertz CT molecular complexity index is 136. The van der Waals surface area contributed by atoms with Crippen molar-refractivity contribution >= 4 is 17.5 Å². The van der Waals surface area contributed by atoms with Gasteiger partial charge in [0.05, 0.1) is 6.54 Å². The number of rotatable bonds is 2. The second kappa shape index (κ2) is 4.22. The Morgan fingerprint density at radius 2 is 2.56 bits per heavy atom. The van der Waals surface area contributed by atoms with E-state index in [1.807, 2.05) is 0 Å². The number of amides is 1. The number of nitrogens with one attached hydrogen (secondary N) is 1. The van der Waals surface area contributed by atoms with E-state index in [2.05, 4.69) is 11.2 Å². The molecule has 0 spiro atoms. The highest BCUT2D eigenvalue weighted by Crippen LogP contribution is 1.90. The van der Waals surface area contributed by atoms with Crippen molar-refractivity contribution in [1.29, 1.82) is 0 Å². The summed E-state index contributed by atoms with van der Waals surface area (Å²) in [4.78, 5) is 10.6. The normalized spacial score (nSPS) is 11.7. The molecule has 9 heavy (non-hydrogen) atoms. The number of halogens is 1. The lowest BCUT2D eigenvalue weighted by Crippen LogP contribution is -2.29. The van der Waals surface area contributed by atoms with Crippen LogP contribution < -0.4 is 5.32 Å². The monoisotopic (exact) mass is 145 g/mol. The van der Waals surface area contributed by atoms with Gasteiger partial charge in [-0.2, -0.15) is 0 Å². The second-order valence-corrected chi connectivity index (χ2v) is 2.19. The Morgan fingerprint density at radius 1 is 2.00 bits per heavy atom. The predicted octanol–water partition coefficient (Wildman–Crippen LogP) is 0.363. The summed E-state index contributed by atoms with van der Waals surface area (Å²) in [7, 11) is 0. The van der Waals surface area contributed by atoms with Crippen LogP contribution in [0.4, 0.5) is 0 Å². The van der Waals surface area contributed by atoms with Crippen LogP contribution in [0.25, 0.3) is 0 Å². The van der Waals surface area contributed by atoms with E-state index in [1.54, 1.807) is 6.92 Å². The van der Waals surface area contributed by atoms with E-state index in [9.17, 15) is 4.79 Å². The molecule has 0 heterocycles. The topological polar surface area (TPSA) is 29.1 Å². The lowest BCUT2D eigenvalue weighted by molar-refractivity contribution is -0.120. The molecule has 0 aliphatic rings. The molecule has 0 aliphatic heterocycles. The van der Waals surface area contributed by atoms with E-state index in [0.717, 1.165) is 0 Å². The maximum atomic E-state index is 10.6. The summed E-state index contributed by atoms with van der Waals surface area (Å²) in [6.07, 6.45) is 4.87. The van der Waals surface area contributed by atoms with Gasteiger partial charge in [0.15, 0.2) is 0 Å². The molecule has 1 unspecified atom stereocenters. The Morgan fingerprint density at radius 3 is 2.89 bits per heavy atom. The molecule has 50 valence electrons. The lowest BCUT2D eigenvalue weighted by atomic mass is 10.4. The first-order valence-corrected chi connectivity index (χ1v) is 2.97. The van der Waals surface area contributed by atoms with Crippen LogP contribution in [0.1, 0.15) is 6.92 Å². The minimum absolute atomic E-state index is 0.227. The molecular formula is C6H8ClNO. The largest absolute Gasteiger partial charge is 0.344 e. The minimum atomic E-state index is -0.502. The summed E-state index contributed by atoms with van der Waals surface area (Å²) in [5.41, 5.74) is 0. The molecule has 0 aromatic carbocycles. The Kier molecular flexibility index (Phi) is 3.90. The zero-order valence-corrected chi connectivity index (χ0v) is 5.90. The third-order valence-electron chi connectivity index (χ3n) is 0.726. The number of carbonyl (C=O) groups excluding carboxylic acids is 1. The third kappa shape index (κ3) is 3.87. The molecule has 0 aromatic heterocycles. The van der Waals surface area contributed by atoms with Gasteiger partial charge in [-0.1, -0.05) is 5.92 Å². The molecule has 0 bridgehead atoms. The first-order chi connectivity index (χ1) is 4.18. The van der Waals surface area contributed by atoms with Crippen molar-refractivity contribution < 1.29 is 4.79 Å². The van der Waals surface area contributed by atoms with E-state index in [-0.39, 0.29) is 12.5 Å². The van der Waals surface area contributed by atoms with Crippen LogP contribution >= 0.6 is 11.6 Å².